The van der Waals surface area contributed by atoms with Crippen molar-refractivity contribution in [1.29, 1.82) is 0 Å². The first-order chi connectivity index (χ1) is 49.1. The zero-order chi connectivity index (χ0) is 70.7. The third-order valence-corrected chi connectivity index (χ3v) is 23.7. The minimum Gasteiger partial charge on any atom is -0.257 e. The highest BCUT2D eigenvalue weighted by Crippen LogP contribution is 2.60. The molecule has 12 aromatic rings. The smallest absolute Gasteiger partial charge is 0.212 e. The van der Waals surface area contributed by atoms with E-state index in [2.05, 4.69) is 267 Å². The Morgan fingerprint density at radius 1 is 0.293 bits per heavy atom. The molecule has 0 radical (unpaired) electrons. The number of rotatable bonds is 6. The molecule has 3 spiro atoms. The Labute approximate surface area is 591 Å². The molecule has 0 saturated heterocycles. The number of hydrogen-bond acceptors (Lipinski definition) is 3. The van der Waals surface area contributed by atoms with Crippen LogP contribution in [0.4, 0.5) is 0 Å². The predicted octanol–water partition coefficient (Wildman–Crippen LogP) is 21.0. The summed E-state index contributed by atoms with van der Waals surface area (Å²) in [5, 5.41) is 0. The van der Waals surface area contributed by atoms with Gasteiger partial charge in [-0.2, -0.15) is 0 Å². The van der Waals surface area contributed by atoms with Crippen LogP contribution in [0.3, 0.4) is 0 Å². The summed E-state index contributed by atoms with van der Waals surface area (Å²) >= 11 is 0. The summed E-state index contributed by atoms with van der Waals surface area (Å²) in [5.41, 5.74) is 41.9. The molecule has 6 aliphatic rings. The Morgan fingerprint density at radius 3 is 0.980 bits per heavy atom. The fourth-order valence-electron chi connectivity index (χ4n) is 18.7. The van der Waals surface area contributed by atoms with Crippen molar-refractivity contribution in [2.24, 2.45) is 21.1 Å². The topological polar surface area (TPSA) is 50.3 Å². The van der Waals surface area contributed by atoms with Gasteiger partial charge in [0.2, 0.25) is 17.1 Å². The van der Waals surface area contributed by atoms with Crippen molar-refractivity contribution in [2.75, 3.05) is 0 Å². The van der Waals surface area contributed by atoms with Gasteiger partial charge < -0.3 is 0 Å². The summed E-state index contributed by atoms with van der Waals surface area (Å²) in [4.78, 5) is 15.3. The predicted molar refractivity (Wildman–Crippen MR) is 406 cm³/mol. The van der Waals surface area contributed by atoms with E-state index in [0.717, 1.165) is 28.2 Å². The third kappa shape index (κ3) is 10.7. The van der Waals surface area contributed by atoms with Gasteiger partial charge in [0.15, 0.2) is 18.6 Å². The molecule has 0 N–H and O–H groups in total. The Hall–Kier alpha value is -9.78. The normalized spacial score (nSPS) is 16.2. The lowest BCUT2D eigenvalue weighted by atomic mass is 9.78. The molecular formula is C93H93N6+3. The van der Waals surface area contributed by atoms with Gasteiger partial charge in [-0.05, 0) is 221 Å². The van der Waals surface area contributed by atoms with Crippen LogP contribution in [0, 0.1) is 62.2 Å². The lowest BCUT2D eigenvalue weighted by molar-refractivity contribution is -0.660. The Kier molecular flexibility index (Phi) is 15.2. The van der Waals surface area contributed by atoms with Crippen molar-refractivity contribution in [3.8, 4) is 101 Å². The van der Waals surface area contributed by atoms with Crippen LogP contribution in [0.1, 0.15) is 165 Å². The van der Waals surface area contributed by atoms with E-state index in [1.807, 2.05) is 12.1 Å². The van der Waals surface area contributed by atoms with Crippen LogP contribution < -0.4 is 13.7 Å². The van der Waals surface area contributed by atoms with Gasteiger partial charge in [0, 0.05) is 106 Å². The number of aryl methyl sites for hydroxylation is 12. The van der Waals surface area contributed by atoms with Crippen LogP contribution >= 0.6 is 0 Å². The van der Waals surface area contributed by atoms with Crippen LogP contribution in [0.2, 0.25) is 0 Å². The molecule has 0 unspecified atom stereocenters. The van der Waals surface area contributed by atoms with Gasteiger partial charge in [-0.1, -0.05) is 165 Å². The monoisotopic (exact) mass is 1300 g/mol. The minimum atomic E-state index is -2.08. The summed E-state index contributed by atoms with van der Waals surface area (Å²) in [5.74, 6) is 0. The Balaban J connectivity index is 0.000000119. The first-order valence-electron chi connectivity index (χ1n) is 37.8. The fraction of sp³-hybridized carbons (Fsp3) is 0.290. The number of hydrogen-bond donors (Lipinski definition) is 0. The second-order valence-corrected chi connectivity index (χ2v) is 30.0. The maximum absolute atomic E-state index is 7.62. The fourth-order valence-corrected chi connectivity index (χ4v) is 18.7. The summed E-state index contributed by atoms with van der Waals surface area (Å²) in [6, 6.07) is 65.7. The number of pyridine rings is 6. The van der Waals surface area contributed by atoms with E-state index in [4.69, 9.17) is 19.1 Å². The molecular weight excluding hydrogens is 1200 g/mol. The average Bonchev–Trinajstić information content (AvgIpc) is 1.56. The first-order valence-corrected chi connectivity index (χ1v) is 36.3. The highest BCUT2D eigenvalue weighted by Gasteiger charge is 2.50. The van der Waals surface area contributed by atoms with Crippen molar-refractivity contribution < 1.29 is 17.8 Å². The molecule has 6 aromatic carbocycles. The zero-order valence-electron chi connectivity index (χ0n) is 62.7. The van der Waals surface area contributed by atoms with E-state index in [9.17, 15) is 0 Å². The maximum atomic E-state index is 7.62. The SMILES string of the molecule is Cc1ccc2c(n1)C1(CCCC1)c1cc(-c3cc(C)c(-c4ccccc4)c[n+]3C)c(C)cc1-2.Cc1ccc2c(n1)C1(CCCC1)c1cc(-c3cc(C)c(-c4ccccc4)c[n+]3C)c(C)cc1-2.[2H]C([2H])([2H])c1ccc(-c2ccc(-c3cc4c(cc3C)-c3ccc(C)nc3C43CCCC3)[n+](C)c2)cc1. The van der Waals surface area contributed by atoms with E-state index in [1.165, 1.54) is 228 Å². The quantitative estimate of drug-likeness (QED) is 0.156. The molecule has 6 aliphatic carbocycles. The zero-order valence-corrected chi connectivity index (χ0v) is 59.7. The summed E-state index contributed by atoms with van der Waals surface area (Å²) < 4.78 is 29.6. The molecule has 0 atom stereocenters. The number of aromatic nitrogens is 6. The average molecular weight is 1300 g/mol. The van der Waals surface area contributed by atoms with Gasteiger partial charge in [-0.3, -0.25) is 15.0 Å². The molecule has 0 aliphatic heterocycles. The summed E-state index contributed by atoms with van der Waals surface area (Å²) in [6.45, 7) is 15.5. The number of fused-ring (bicyclic) bond motifs is 15. The van der Waals surface area contributed by atoms with Crippen LogP contribution in [0.15, 0.2) is 201 Å². The number of nitrogens with zero attached hydrogens (tertiary/aromatic N) is 6. The second-order valence-electron chi connectivity index (χ2n) is 30.0. The molecule has 6 aromatic heterocycles. The van der Waals surface area contributed by atoms with E-state index in [1.54, 1.807) is 12.1 Å². The van der Waals surface area contributed by atoms with E-state index >= 15 is 0 Å². The summed E-state index contributed by atoms with van der Waals surface area (Å²) in [6.07, 6.45) is 21.6. The van der Waals surface area contributed by atoms with Gasteiger partial charge in [0.05, 0.1) is 17.1 Å². The molecule has 0 bridgehead atoms. The molecule has 3 fully saturated rings. The Morgan fingerprint density at radius 2 is 0.626 bits per heavy atom. The van der Waals surface area contributed by atoms with Crippen molar-refractivity contribution in [3.63, 3.8) is 0 Å². The summed E-state index contributed by atoms with van der Waals surface area (Å²) in [7, 11) is 6.45. The molecule has 6 heteroatoms. The molecule has 3 saturated carbocycles. The van der Waals surface area contributed by atoms with Crippen molar-refractivity contribution >= 4 is 0 Å². The lowest BCUT2D eigenvalue weighted by Gasteiger charge is -2.26. The van der Waals surface area contributed by atoms with Gasteiger partial charge in [-0.15, -0.1) is 0 Å². The molecule has 6 nitrogen and oxygen atoms in total. The van der Waals surface area contributed by atoms with Crippen molar-refractivity contribution in [3.05, 3.63) is 285 Å². The van der Waals surface area contributed by atoms with E-state index in [0.29, 0.717) is 5.56 Å². The first kappa shape index (κ1) is 60.4. The van der Waals surface area contributed by atoms with Gasteiger partial charge >= 0.3 is 0 Å². The highest BCUT2D eigenvalue weighted by atomic mass is 14.9. The van der Waals surface area contributed by atoms with Crippen LogP contribution in [-0.4, -0.2) is 15.0 Å². The van der Waals surface area contributed by atoms with Crippen LogP contribution in [-0.2, 0) is 37.4 Å². The van der Waals surface area contributed by atoms with Gasteiger partial charge in [0.25, 0.3) is 0 Å². The highest BCUT2D eigenvalue weighted by molar-refractivity contribution is 5.87. The number of benzene rings is 6. The third-order valence-electron chi connectivity index (χ3n) is 23.7. The Bertz CT molecular complexity index is 5120. The molecule has 18 rings (SSSR count). The molecule has 492 valence electrons. The second kappa shape index (κ2) is 24.9. The molecule has 0 amide bonds. The van der Waals surface area contributed by atoms with Crippen molar-refractivity contribution in [1.82, 2.24) is 15.0 Å². The van der Waals surface area contributed by atoms with E-state index in [-0.39, 0.29) is 16.2 Å². The maximum Gasteiger partial charge on any atom is 0.212 e. The molecule has 6 heterocycles. The minimum absolute atomic E-state index is 0.0438. The largest absolute Gasteiger partial charge is 0.257 e. The van der Waals surface area contributed by atoms with Crippen molar-refractivity contribution in [2.45, 2.75) is 156 Å². The van der Waals surface area contributed by atoms with Gasteiger partial charge in [0.1, 0.15) is 21.1 Å². The standard InChI is InChI=1S/3C31H31N2/c1-20-7-10-23(11-8-20)24-12-14-29(33(4)19-24)26-18-28-27(17-21(26)2)25-13-9-22(3)32-30(25)31(28)15-5-6-16-31;2*1-20-16-26-24-13-12-22(3)32-30(24)31(14-8-9-15-31)28(26)18-25(20)29-17-21(2)27(19-33(29)4)23-10-6-5-7-11-23/h7-14,17-19H,5-6,15-16H2,1-4H3;2*5-7,10-13,16-19H,8-9,14-15H2,1-4H3/q3*+1/i1D3;;. The lowest BCUT2D eigenvalue weighted by Crippen LogP contribution is -2.31. The van der Waals surface area contributed by atoms with Crippen LogP contribution in [0.25, 0.3) is 101 Å². The molecule has 99 heavy (non-hydrogen) atoms. The van der Waals surface area contributed by atoms with Gasteiger partial charge in [-0.25, -0.2) is 13.7 Å². The van der Waals surface area contributed by atoms with Crippen LogP contribution in [0.5, 0.6) is 0 Å². The van der Waals surface area contributed by atoms with E-state index < -0.39 is 6.85 Å².